The number of hydrogen-bond acceptors (Lipinski definition) is 3. The first kappa shape index (κ1) is 10.2. The molecule has 0 aliphatic carbocycles. The molecule has 1 fully saturated rings. The lowest BCUT2D eigenvalue weighted by Gasteiger charge is -2.17. The molecule has 1 atom stereocenters. The predicted molar refractivity (Wildman–Crippen MR) is 49.1 cm³/mol. The van der Waals surface area contributed by atoms with Crippen molar-refractivity contribution in [1.82, 2.24) is 9.80 Å². The third-order valence-electron chi connectivity index (χ3n) is 2.29. The monoisotopic (exact) mass is 184 g/mol. The van der Waals surface area contributed by atoms with Crippen LogP contribution in [0.15, 0.2) is 0 Å². The van der Waals surface area contributed by atoms with Gasteiger partial charge in [-0.3, -0.25) is 19.4 Å². The standard InChI is InChI=1S/C9H16N2O2/c1-4-5-11-8(12)6-7(9(11)13)10(2)3/h7H,4-6H2,1-3H3/t7-/m0/s1. The van der Waals surface area contributed by atoms with E-state index in [1.807, 2.05) is 21.0 Å². The minimum Gasteiger partial charge on any atom is -0.298 e. The highest BCUT2D eigenvalue weighted by molar-refractivity contribution is 6.05. The molecule has 1 aliphatic heterocycles. The van der Waals surface area contributed by atoms with E-state index in [0.717, 1.165) is 6.42 Å². The normalized spacial score (nSPS) is 23.4. The minimum absolute atomic E-state index is 0.0365. The van der Waals surface area contributed by atoms with Gasteiger partial charge < -0.3 is 0 Å². The Kier molecular flexibility index (Phi) is 3.03. The van der Waals surface area contributed by atoms with E-state index in [2.05, 4.69) is 0 Å². The molecular weight excluding hydrogens is 168 g/mol. The second-order valence-electron chi connectivity index (χ2n) is 3.57. The van der Waals surface area contributed by atoms with Crippen molar-refractivity contribution in [2.75, 3.05) is 20.6 Å². The molecule has 0 bridgehead atoms. The van der Waals surface area contributed by atoms with Gasteiger partial charge in [0.1, 0.15) is 0 Å². The first-order valence-electron chi connectivity index (χ1n) is 4.58. The molecule has 13 heavy (non-hydrogen) atoms. The van der Waals surface area contributed by atoms with Gasteiger partial charge in [-0.25, -0.2) is 0 Å². The molecule has 2 amide bonds. The van der Waals surface area contributed by atoms with Gasteiger partial charge >= 0.3 is 0 Å². The van der Waals surface area contributed by atoms with Crippen molar-refractivity contribution in [3.8, 4) is 0 Å². The summed E-state index contributed by atoms with van der Waals surface area (Å²) in [6, 6.07) is -0.237. The molecule has 0 N–H and O–H groups in total. The zero-order chi connectivity index (χ0) is 10.0. The van der Waals surface area contributed by atoms with Gasteiger partial charge in [0.05, 0.1) is 12.5 Å². The van der Waals surface area contributed by atoms with Crippen LogP contribution in [0.1, 0.15) is 19.8 Å². The van der Waals surface area contributed by atoms with Crippen LogP contribution in [0.5, 0.6) is 0 Å². The largest absolute Gasteiger partial charge is 0.298 e. The number of likely N-dealkylation sites (N-methyl/N-ethyl adjacent to an activating group) is 1. The smallest absolute Gasteiger partial charge is 0.247 e. The number of rotatable bonds is 3. The van der Waals surface area contributed by atoms with Crippen molar-refractivity contribution in [2.24, 2.45) is 0 Å². The molecule has 1 rings (SSSR count). The Balaban J connectivity index is 2.69. The molecule has 0 radical (unpaired) electrons. The second-order valence-corrected chi connectivity index (χ2v) is 3.57. The first-order valence-corrected chi connectivity index (χ1v) is 4.58. The van der Waals surface area contributed by atoms with E-state index in [4.69, 9.17) is 0 Å². The van der Waals surface area contributed by atoms with E-state index < -0.39 is 0 Å². The Bertz CT molecular complexity index is 226. The van der Waals surface area contributed by atoms with Crippen molar-refractivity contribution >= 4 is 11.8 Å². The van der Waals surface area contributed by atoms with Crippen LogP contribution in [0.4, 0.5) is 0 Å². The maximum Gasteiger partial charge on any atom is 0.247 e. The molecule has 4 heteroatoms. The fourth-order valence-electron chi connectivity index (χ4n) is 1.53. The van der Waals surface area contributed by atoms with Gasteiger partial charge in [0.25, 0.3) is 0 Å². The Morgan fingerprint density at radius 1 is 1.46 bits per heavy atom. The molecule has 0 unspecified atom stereocenters. The number of carbonyl (C=O) groups excluding carboxylic acids is 2. The topological polar surface area (TPSA) is 40.6 Å². The van der Waals surface area contributed by atoms with Crippen LogP contribution in [0.2, 0.25) is 0 Å². The molecule has 0 aromatic heterocycles. The van der Waals surface area contributed by atoms with Crippen LogP contribution in [0.3, 0.4) is 0 Å². The van der Waals surface area contributed by atoms with Crippen LogP contribution < -0.4 is 0 Å². The second kappa shape index (κ2) is 3.87. The average Bonchev–Trinajstić information content (AvgIpc) is 2.32. The summed E-state index contributed by atoms with van der Waals surface area (Å²) in [5, 5.41) is 0. The fourth-order valence-corrected chi connectivity index (χ4v) is 1.53. The van der Waals surface area contributed by atoms with Gasteiger partial charge in [-0.2, -0.15) is 0 Å². The lowest BCUT2D eigenvalue weighted by molar-refractivity contribution is -0.139. The number of hydrogen-bond donors (Lipinski definition) is 0. The zero-order valence-electron chi connectivity index (χ0n) is 8.41. The van der Waals surface area contributed by atoms with Crippen molar-refractivity contribution in [3.05, 3.63) is 0 Å². The number of carbonyl (C=O) groups is 2. The van der Waals surface area contributed by atoms with E-state index in [9.17, 15) is 9.59 Å². The summed E-state index contributed by atoms with van der Waals surface area (Å²) >= 11 is 0. The average molecular weight is 184 g/mol. The van der Waals surface area contributed by atoms with E-state index in [0.29, 0.717) is 13.0 Å². The highest BCUT2D eigenvalue weighted by Gasteiger charge is 2.38. The molecular formula is C9H16N2O2. The zero-order valence-corrected chi connectivity index (χ0v) is 8.41. The minimum atomic E-state index is -0.237. The molecule has 0 aromatic rings. The van der Waals surface area contributed by atoms with E-state index in [1.54, 1.807) is 4.90 Å². The molecule has 74 valence electrons. The van der Waals surface area contributed by atoms with Crippen molar-refractivity contribution in [2.45, 2.75) is 25.8 Å². The molecule has 4 nitrogen and oxygen atoms in total. The third-order valence-corrected chi connectivity index (χ3v) is 2.29. The molecule has 0 saturated carbocycles. The number of nitrogens with zero attached hydrogens (tertiary/aromatic N) is 2. The van der Waals surface area contributed by atoms with Gasteiger partial charge in [0.15, 0.2) is 0 Å². The highest BCUT2D eigenvalue weighted by atomic mass is 16.2. The van der Waals surface area contributed by atoms with E-state index >= 15 is 0 Å². The van der Waals surface area contributed by atoms with E-state index in [-0.39, 0.29) is 17.9 Å². The van der Waals surface area contributed by atoms with Crippen molar-refractivity contribution in [1.29, 1.82) is 0 Å². The van der Waals surface area contributed by atoms with Crippen molar-refractivity contribution < 1.29 is 9.59 Å². The summed E-state index contributed by atoms with van der Waals surface area (Å²) < 4.78 is 0. The lowest BCUT2D eigenvalue weighted by Crippen LogP contribution is -2.38. The molecule has 0 aromatic carbocycles. The van der Waals surface area contributed by atoms with Gasteiger partial charge in [-0.05, 0) is 20.5 Å². The number of imide groups is 1. The maximum atomic E-state index is 11.6. The van der Waals surface area contributed by atoms with Crippen LogP contribution in [0.25, 0.3) is 0 Å². The summed E-state index contributed by atoms with van der Waals surface area (Å²) in [5.41, 5.74) is 0. The van der Waals surface area contributed by atoms with Gasteiger partial charge in [-0.15, -0.1) is 0 Å². The Hall–Kier alpha value is -0.900. The summed E-state index contributed by atoms with van der Waals surface area (Å²) in [7, 11) is 3.65. The Labute approximate surface area is 78.5 Å². The summed E-state index contributed by atoms with van der Waals surface area (Å²) in [6.45, 7) is 2.52. The number of amides is 2. The number of likely N-dealkylation sites (tertiary alicyclic amines) is 1. The van der Waals surface area contributed by atoms with Crippen molar-refractivity contribution in [3.63, 3.8) is 0 Å². The maximum absolute atomic E-state index is 11.6. The summed E-state index contributed by atoms with van der Waals surface area (Å²) in [5.74, 6) is -0.0811. The predicted octanol–water partition coefficient (Wildman–Crippen LogP) is 0.0855. The van der Waals surface area contributed by atoms with Crippen LogP contribution in [-0.4, -0.2) is 48.3 Å². The van der Waals surface area contributed by atoms with Gasteiger partial charge in [0.2, 0.25) is 11.8 Å². The SMILES string of the molecule is CCCN1C(=O)C[C@H](N(C)C)C1=O. The van der Waals surface area contributed by atoms with Crippen LogP contribution in [0, 0.1) is 0 Å². The molecule has 0 spiro atoms. The Morgan fingerprint density at radius 3 is 2.46 bits per heavy atom. The van der Waals surface area contributed by atoms with Crippen LogP contribution >= 0.6 is 0 Å². The van der Waals surface area contributed by atoms with Crippen LogP contribution in [-0.2, 0) is 9.59 Å². The van der Waals surface area contributed by atoms with E-state index in [1.165, 1.54) is 4.90 Å². The quantitative estimate of drug-likeness (QED) is 0.583. The molecule has 1 aliphatic rings. The molecule has 1 heterocycles. The van der Waals surface area contributed by atoms with Gasteiger partial charge in [0, 0.05) is 6.54 Å². The lowest BCUT2D eigenvalue weighted by atomic mass is 10.2. The first-order chi connectivity index (χ1) is 6.07. The Morgan fingerprint density at radius 2 is 2.08 bits per heavy atom. The third kappa shape index (κ3) is 1.88. The summed E-state index contributed by atoms with van der Waals surface area (Å²) in [4.78, 5) is 26.1. The highest BCUT2D eigenvalue weighted by Crippen LogP contribution is 2.16. The van der Waals surface area contributed by atoms with Gasteiger partial charge in [-0.1, -0.05) is 6.92 Å². The fraction of sp³-hybridized carbons (Fsp3) is 0.778. The molecule has 1 saturated heterocycles. The summed E-state index contributed by atoms with van der Waals surface area (Å²) in [6.07, 6.45) is 1.17.